The standard InChI is InChI=1S/C25H36O4/c1-15(6-5-7-16(2)24(28)29)19-10-11-25(4)13-20-17(3)12-22(27)23(20)18(14-26)8-9-21(19)25/h7,12,15,19-21,26H,5-6,8-11,13-14H2,1-4H3,(H,28,29)/b16-7+,23-18-/t15-,19+,20+,21-,25+/m0/s1. The van der Waals surface area contributed by atoms with Gasteiger partial charge in [0.1, 0.15) is 0 Å². The lowest BCUT2D eigenvalue weighted by molar-refractivity contribution is -0.132. The van der Waals surface area contributed by atoms with Gasteiger partial charge >= 0.3 is 5.97 Å². The number of aliphatic hydroxyl groups is 1. The largest absolute Gasteiger partial charge is 0.478 e. The summed E-state index contributed by atoms with van der Waals surface area (Å²) in [4.78, 5) is 23.6. The second-order valence-electron chi connectivity index (χ2n) is 9.93. The van der Waals surface area contributed by atoms with Crippen LogP contribution in [0, 0.1) is 29.1 Å². The molecule has 3 aliphatic carbocycles. The number of carboxylic acids is 1. The quantitative estimate of drug-likeness (QED) is 0.610. The topological polar surface area (TPSA) is 74.6 Å². The van der Waals surface area contributed by atoms with Crippen LogP contribution in [-0.2, 0) is 9.59 Å². The molecule has 0 aliphatic heterocycles. The fourth-order valence-electron chi connectivity index (χ4n) is 6.32. The van der Waals surface area contributed by atoms with E-state index < -0.39 is 5.97 Å². The zero-order valence-electron chi connectivity index (χ0n) is 18.3. The Balaban J connectivity index is 1.78. The Morgan fingerprint density at radius 1 is 1.38 bits per heavy atom. The summed E-state index contributed by atoms with van der Waals surface area (Å²) >= 11 is 0. The van der Waals surface area contributed by atoms with Gasteiger partial charge in [-0.05, 0) is 93.6 Å². The average molecular weight is 401 g/mol. The second kappa shape index (κ2) is 8.59. The maximum atomic E-state index is 12.6. The van der Waals surface area contributed by atoms with E-state index >= 15 is 0 Å². The molecule has 0 heterocycles. The zero-order valence-corrected chi connectivity index (χ0v) is 18.3. The Labute approximate surface area is 174 Å². The summed E-state index contributed by atoms with van der Waals surface area (Å²) in [6, 6.07) is 0. The van der Waals surface area contributed by atoms with Gasteiger partial charge in [0.15, 0.2) is 5.78 Å². The van der Waals surface area contributed by atoms with Crippen molar-refractivity contribution in [1.82, 2.24) is 0 Å². The SMILES string of the molecule is CC1=CC(=O)/C2=C(\CO)CC[C@H]3[C@@H]([C@@H](C)CC/C=C(\C)C(=O)O)CC[C@]3(C)C[C@H]12. The second-order valence-corrected chi connectivity index (χ2v) is 9.93. The molecule has 0 saturated heterocycles. The van der Waals surface area contributed by atoms with Crippen molar-refractivity contribution < 1.29 is 19.8 Å². The summed E-state index contributed by atoms with van der Waals surface area (Å²) < 4.78 is 0. The molecular weight excluding hydrogens is 364 g/mol. The molecule has 3 rings (SSSR count). The average Bonchev–Trinajstić information content (AvgIpc) is 3.10. The first-order valence-corrected chi connectivity index (χ1v) is 11.1. The molecule has 0 spiro atoms. The highest BCUT2D eigenvalue weighted by Gasteiger charge is 2.49. The van der Waals surface area contributed by atoms with Crippen molar-refractivity contribution in [1.29, 1.82) is 0 Å². The minimum atomic E-state index is -0.834. The van der Waals surface area contributed by atoms with Crippen LogP contribution in [0.3, 0.4) is 0 Å². The number of fused-ring (bicyclic) bond motifs is 2. The van der Waals surface area contributed by atoms with Crippen molar-refractivity contribution in [3.63, 3.8) is 0 Å². The molecule has 160 valence electrons. The van der Waals surface area contributed by atoms with Crippen LogP contribution in [0.25, 0.3) is 0 Å². The van der Waals surface area contributed by atoms with Crippen molar-refractivity contribution in [2.75, 3.05) is 6.61 Å². The molecule has 29 heavy (non-hydrogen) atoms. The van der Waals surface area contributed by atoms with Crippen LogP contribution in [-0.4, -0.2) is 28.6 Å². The number of carbonyl (C=O) groups is 2. The van der Waals surface area contributed by atoms with Crippen LogP contribution in [0.4, 0.5) is 0 Å². The van der Waals surface area contributed by atoms with E-state index in [1.54, 1.807) is 13.0 Å². The molecule has 4 nitrogen and oxygen atoms in total. The highest BCUT2D eigenvalue weighted by molar-refractivity contribution is 6.08. The molecule has 0 unspecified atom stereocenters. The highest BCUT2D eigenvalue weighted by Crippen LogP contribution is 2.58. The Kier molecular flexibility index (Phi) is 6.52. The molecule has 0 radical (unpaired) electrons. The van der Waals surface area contributed by atoms with Crippen molar-refractivity contribution in [3.05, 3.63) is 34.4 Å². The number of aliphatic carboxylic acids is 1. The van der Waals surface area contributed by atoms with Gasteiger partial charge in [-0.3, -0.25) is 4.79 Å². The molecule has 2 N–H and O–H groups in total. The normalized spacial score (nSPS) is 36.2. The minimum Gasteiger partial charge on any atom is -0.478 e. The first-order chi connectivity index (χ1) is 13.7. The van der Waals surface area contributed by atoms with Crippen molar-refractivity contribution in [2.24, 2.45) is 29.1 Å². The number of carboxylic acid groups (broad SMARTS) is 1. The van der Waals surface area contributed by atoms with Gasteiger partial charge in [0.25, 0.3) is 0 Å². The van der Waals surface area contributed by atoms with Gasteiger partial charge in [0.05, 0.1) is 6.61 Å². The Hall–Kier alpha value is -1.68. The Morgan fingerprint density at radius 3 is 2.76 bits per heavy atom. The molecule has 3 aliphatic rings. The van der Waals surface area contributed by atoms with E-state index in [0.717, 1.165) is 48.8 Å². The molecule has 4 heteroatoms. The number of rotatable bonds is 6. The molecule has 0 bridgehead atoms. The van der Waals surface area contributed by atoms with Gasteiger partial charge in [0.2, 0.25) is 0 Å². The molecule has 5 atom stereocenters. The van der Waals surface area contributed by atoms with E-state index in [0.29, 0.717) is 23.3 Å². The molecule has 1 saturated carbocycles. The summed E-state index contributed by atoms with van der Waals surface area (Å²) in [6.45, 7) is 8.44. The summed E-state index contributed by atoms with van der Waals surface area (Å²) in [5.74, 6) is 1.21. The molecular formula is C25H36O4. The molecule has 1 fully saturated rings. The van der Waals surface area contributed by atoms with Crippen LogP contribution < -0.4 is 0 Å². The summed E-state index contributed by atoms with van der Waals surface area (Å²) in [6.07, 6.45) is 10.7. The lowest BCUT2D eigenvalue weighted by atomic mass is 9.64. The minimum absolute atomic E-state index is 0.0123. The number of hydrogen-bond donors (Lipinski definition) is 2. The predicted molar refractivity (Wildman–Crippen MR) is 114 cm³/mol. The van der Waals surface area contributed by atoms with Gasteiger partial charge in [-0.1, -0.05) is 25.5 Å². The predicted octanol–water partition coefficient (Wildman–Crippen LogP) is 5.08. The van der Waals surface area contributed by atoms with Gasteiger partial charge < -0.3 is 10.2 Å². The number of aliphatic hydroxyl groups excluding tert-OH is 1. The van der Waals surface area contributed by atoms with Gasteiger partial charge in [-0.2, -0.15) is 0 Å². The summed E-state index contributed by atoms with van der Waals surface area (Å²) in [5, 5.41) is 19.0. The zero-order chi connectivity index (χ0) is 21.3. The van der Waals surface area contributed by atoms with Crippen molar-refractivity contribution in [2.45, 2.75) is 72.6 Å². The first kappa shape index (κ1) is 22.0. The fraction of sp³-hybridized carbons (Fsp3) is 0.680. The monoisotopic (exact) mass is 400 g/mol. The van der Waals surface area contributed by atoms with Gasteiger partial charge in [-0.15, -0.1) is 0 Å². The van der Waals surface area contributed by atoms with Crippen LogP contribution in [0.1, 0.15) is 72.6 Å². The van der Waals surface area contributed by atoms with E-state index in [1.807, 2.05) is 6.08 Å². The molecule has 0 aromatic heterocycles. The number of ketones is 1. The van der Waals surface area contributed by atoms with Gasteiger partial charge in [-0.25, -0.2) is 4.79 Å². The van der Waals surface area contributed by atoms with Crippen molar-refractivity contribution in [3.8, 4) is 0 Å². The number of allylic oxidation sites excluding steroid dienone is 4. The number of hydrogen-bond acceptors (Lipinski definition) is 3. The Morgan fingerprint density at radius 2 is 2.10 bits per heavy atom. The van der Waals surface area contributed by atoms with Crippen LogP contribution in [0.2, 0.25) is 0 Å². The highest BCUT2D eigenvalue weighted by atomic mass is 16.4. The molecule has 0 amide bonds. The molecule has 0 aromatic rings. The summed E-state index contributed by atoms with van der Waals surface area (Å²) in [5.41, 5.74) is 3.65. The van der Waals surface area contributed by atoms with Crippen LogP contribution >= 0.6 is 0 Å². The fourth-order valence-corrected chi connectivity index (χ4v) is 6.32. The van der Waals surface area contributed by atoms with E-state index in [1.165, 1.54) is 12.8 Å². The van der Waals surface area contributed by atoms with E-state index in [9.17, 15) is 14.7 Å². The maximum absolute atomic E-state index is 12.6. The smallest absolute Gasteiger partial charge is 0.330 e. The third-order valence-corrected chi connectivity index (χ3v) is 8.12. The van der Waals surface area contributed by atoms with E-state index in [2.05, 4.69) is 20.8 Å². The third-order valence-electron chi connectivity index (χ3n) is 8.12. The lowest BCUT2D eigenvalue weighted by Gasteiger charge is -2.41. The van der Waals surface area contributed by atoms with E-state index in [-0.39, 0.29) is 23.7 Å². The van der Waals surface area contributed by atoms with Gasteiger partial charge in [0, 0.05) is 17.1 Å². The summed E-state index contributed by atoms with van der Waals surface area (Å²) in [7, 11) is 0. The maximum Gasteiger partial charge on any atom is 0.330 e. The van der Waals surface area contributed by atoms with Crippen LogP contribution in [0.15, 0.2) is 34.4 Å². The van der Waals surface area contributed by atoms with Crippen molar-refractivity contribution >= 4 is 11.8 Å². The lowest BCUT2D eigenvalue weighted by Crippen LogP contribution is -2.33. The molecule has 0 aromatic carbocycles. The first-order valence-electron chi connectivity index (χ1n) is 11.1. The Bertz CT molecular complexity index is 772. The number of carbonyl (C=O) groups excluding carboxylic acids is 1. The third kappa shape index (κ3) is 4.28. The van der Waals surface area contributed by atoms with E-state index in [4.69, 9.17) is 5.11 Å². The van der Waals surface area contributed by atoms with Crippen LogP contribution in [0.5, 0.6) is 0 Å².